The van der Waals surface area contributed by atoms with Crippen LogP contribution in [0.4, 0.5) is 0 Å². The molecule has 0 aromatic heterocycles. The van der Waals surface area contributed by atoms with Gasteiger partial charge in [-0.25, -0.2) is 0 Å². The number of carbonyl (C=O) groups excluding carboxylic acids is 2. The fourth-order valence-electron chi connectivity index (χ4n) is 0.505. The Balaban J connectivity index is 3.90. The van der Waals surface area contributed by atoms with Crippen LogP contribution >= 0.6 is 0 Å². The smallest absolute Gasteiger partial charge is 0.229 e. The maximum Gasteiger partial charge on any atom is 0.229 e. The van der Waals surface area contributed by atoms with Crippen molar-refractivity contribution in [2.45, 2.75) is 20.8 Å². The van der Waals surface area contributed by atoms with E-state index in [9.17, 15) is 9.59 Å². The zero-order chi connectivity index (χ0) is 10.3. The van der Waals surface area contributed by atoms with Gasteiger partial charge in [-0.3, -0.25) is 9.59 Å². The molecule has 0 aromatic rings. The summed E-state index contributed by atoms with van der Waals surface area (Å²) in [6.45, 7) is 5.49. The molecule has 0 saturated carbocycles. The molecule has 0 radical (unpaired) electrons. The Morgan fingerprint density at radius 2 is 1.77 bits per heavy atom. The summed E-state index contributed by atoms with van der Waals surface area (Å²) in [5, 5.41) is 2.59. The molecule has 1 N–H and O–H groups in total. The predicted molar refractivity (Wildman–Crippen MR) is 51.9 cm³/mol. The van der Waals surface area contributed by atoms with Crippen molar-refractivity contribution in [2.75, 3.05) is 0 Å². The molecular formula is C10H15NO2. The van der Waals surface area contributed by atoms with E-state index in [-0.39, 0.29) is 5.91 Å². The second-order valence-electron chi connectivity index (χ2n) is 3.60. The van der Waals surface area contributed by atoms with Gasteiger partial charge in [-0.15, -0.1) is 0 Å². The van der Waals surface area contributed by atoms with Crippen molar-refractivity contribution >= 4 is 12.2 Å². The average molecular weight is 181 g/mol. The third-order valence-corrected chi connectivity index (χ3v) is 1.29. The van der Waals surface area contributed by atoms with Gasteiger partial charge in [0.2, 0.25) is 5.91 Å². The molecule has 0 spiro atoms. The Morgan fingerprint density at radius 3 is 2.23 bits per heavy atom. The molecule has 0 rings (SSSR count). The summed E-state index contributed by atoms with van der Waals surface area (Å²) >= 11 is 0. The summed E-state index contributed by atoms with van der Waals surface area (Å²) in [5.41, 5.74) is -0.390. The number of hydrogen-bond acceptors (Lipinski definition) is 2. The van der Waals surface area contributed by atoms with Gasteiger partial charge >= 0.3 is 0 Å². The summed E-state index contributed by atoms with van der Waals surface area (Å²) in [5.74, 6) is -0.0525. The first-order chi connectivity index (χ1) is 5.98. The number of rotatable bonds is 3. The van der Waals surface area contributed by atoms with Crippen molar-refractivity contribution in [3.63, 3.8) is 0 Å². The predicted octanol–water partition coefficient (Wildman–Crippen LogP) is 1.42. The van der Waals surface area contributed by atoms with E-state index in [1.54, 1.807) is 12.2 Å². The largest absolute Gasteiger partial charge is 0.332 e. The minimum atomic E-state index is -0.390. The molecule has 3 nitrogen and oxygen atoms in total. The van der Waals surface area contributed by atoms with E-state index in [1.807, 2.05) is 20.8 Å². The highest BCUT2D eigenvalue weighted by atomic mass is 16.2. The summed E-state index contributed by atoms with van der Waals surface area (Å²) in [6, 6.07) is 0. The first-order valence-electron chi connectivity index (χ1n) is 4.06. The van der Waals surface area contributed by atoms with Gasteiger partial charge in [0.15, 0.2) is 0 Å². The standard InChI is InChI=1S/C10H15NO2/c1-10(2,3)9(13)11-7-5-4-6-8-12/h4-8H,1-3H3,(H,11,13)/b6-4+,7-5+. The van der Waals surface area contributed by atoms with Gasteiger partial charge in [0.1, 0.15) is 6.29 Å². The monoisotopic (exact) mass is 181 g/mol. The van der Waals surface area contributed by atoms with Crippen LogP contribution in [0.1, 0.15) is 20.8 Å². The van der Waals surface area contributed by atoms with Crippen molar-refractivity contribution in [3.8, 4) is 0 Å². The van der Waals surface area contributed by atoms with Gasteiger partial charge in [-0.1, -0.05) is 26.8 Å². The van der Waals surface area contributed by atoms with Gasteiger partial charge < -0.3 is 5.32 Å². The molecule has 0 atom stereocenters. The van der Waals surface area contributed by atoms with Crippen LogP contribution in [0.5, 0.6) is 0 Å². The quantitative estimate of drug-likeness (QED) is 0.406. The molecule has 0 aliphatic heterocycles. The van der Waals surface area contributed by atoms with Crippen molar-refractivity contribution in [3.05, 3.63) is 24.4 Å². The van der Waals surface area contributed by atoms with Gasteiger partial charge in [0.05, 0.1) is 0 Å². The molecule has 0 aliphatic carbocycles. The molecule has 0 bridgehead atoms. The second kappa shape index (κ2) is 5.30. The minimum Gasteiger partial charge on any atom is -0.332 e. The maximum atomic E-state index is 11.2. The number of amides is 1. The van der Waals surface area contributed by atoms with E-state index >= 15 is 0 Å². The molecule has 0 saturated heterocycles. The van der Waals surface area contributed by atoms with E-state index < -0.39 is 5.41 Å². The van der Waals surface area contributed by atoms with Crippen LogP contribution in [0, 0.1) is 5.41 Å². The summed E-state index contributed by atoms with van der Waals surface area (Å²) in [4.78, 5) is 21.1. The van der Waals surface area contributed by atoms with Crippen molar-refractivity contribution in [1.82, 2.24) is 5.32 Å². The number of allylic oxidation sites excluding steroid dienone is 3. The number of nitrogens with one attached hydrogen (secondary N) is 1. The molecule has 0 fully saturated rings. The Bertz CT molecular complexity index is 234. The first kappa shape index (κ1) is 11.6. The van der Waals surface area contributed by atoms with Crippen LogP contribution < -0.4 is 5.32 Å². The van der Waals surface area contributed by atoms with E-state index in [0.717, 1.165) is 0 Å². The van der Waals surface area contributed by atoms with Crippen molar-refractivity contribution in [1.29, 1.82) is 0 Å². The third-order valence-electron chi connectivity index (χ3n) is 1.29. The molecule has 13 heavy (non-hydrogen) atoms. The molecule has 3 heteroatoms. The Kier molecular flexibility index (Phi) is 4.74. The first-order valence-corrected chi connectivity index (χ1v) is 4.06. The lowest BCUT2D eigenvalue weighted by atomic mass is 9.96. The Hall–Kier alpha value is -1.38. The number of hydrogen-bond donors (Lipinski definition) is 1. The highest BCUT2D eigenvalue weighted by Crippen LogP contribution is 2.11. The van der Waals surface area contributed by atoms with Crippen LogP contribution in [-0.2, 0) is 9.59 Å². The van der Waals surface area contributed by atoms with Crippen molar-refractivity contribution < 1.29 is 9.59 Å². The molecule has 0 aliphatic rings. The van der Waals surface area contributed by atoms with Crippen LogP contribution in [0.15, 0.2) is 24.4 Å². The van der Waals surface area contributed by atoms with Gasteiger partial charge in [0, 0.05) is 11.6 Å². The molecular weight excluding hydrogens is 166 g/mol. The lowest BCUT2D eigenvalue weighted by molar-refractivity contribution is -0.127. The SMILES string of the molecule is CC(C)(C)C(=O)N/C=C/C=C/C=O. The Labute approximate surface area is 78.5 Å². The maximum absolute atomic E-state index is 11.2. The number of carbonyl (C=O) groups is 2. The van der Waals surface area contributed by atoms with Crippen molar-refractivity contribution in [2.24, 2.45) is 5.41 Å². The Morgan fingerprint density at radius 1 is 1.15 bits per heavy atom. The molecule has 0 heterocycles. The molecule has 0 aromatic carbocycles. The van der Waals surface area contributed by atoms with Gasteiger partial charge in [-0.2, -0.15) is 0 Å². The van der Waals surface area contributed by atoms with Crippen LogP contribution in [-0.4, -0.2) is 12.2 Å². The summed E-state index contributed by atoms with van der Waals surface area (Å²) in [7, 11) is 0. The molecule has 0 unspecified atom stereocenters. The van der Waals surface area contributed by atoms with E-state index in [2.05, 4.69) is 5.32 Å². The average Bonchev–Trinajstić information content (AvgIpc) is 2.02. The topological polar surface area (TPSA) is 46.2 Å². The zero-order valence-corrected chi connectivity index (χ0v) is 8.20. The third kappa shape index (κ3) is 5.84. The van der Waals surface area contributed by atoms with Gasteiger partial charge in [0.25, 0.3) is 0 Å². The minimum absolute atomic E-state index is 0.0525. The molecule has 72 valence electrons. The summed E-state index contributed by atoms with van der Waals surface area (Å²) < 4.78 is 0. The lowest BCUT2D eigenvalue weighted by Crippen LogP contribution is -2.31. The van der Waals surface area contributed by atoms with Crippen LogP contribution in [0.3, 0.4) is 0 Å². The molecule has 1 amide bonds. The summed E-state index contributed by atoms with van der Waals surface area (Å²) in [6.07, 6.45) is 6.68. The fourth-order valence-corrected chi connectivity index (χ4v) is 0.505. The normalized spacial score (nSPS) is 12.2. The second-order valence-corrected chi connectivity index (χ2v) is 3.60. The fraction of sp³-hybridized carbons (Fsp3) is 0.400. The van der Waals surface area contributed by atoms with E-state index in [1.165, 1.54) is 12.3 Å². The lowest BCUT2D eigenvalue weighted by Gasteiger charge is -2.15. The van der Waals surface area contributed by atoms with E-state index in [0.29, 0.717) is 6.29 Å². The van der Waals surface area contributed by atoms with Crippen LogP contribution in [0.2, 0.25) is 0 Å². The zero-order valence-electron chi connectivity index (χ0n) is 8.20. The van der Waals surface area contributed by atoms with Crippen LogP contribution in [0.25, 0.3) is 0 Å². The highest BCUT2D eigenvalue weighted by Gasteiger charge is 2.19. The van der Waals surface area contributed by atoms with E-state index in [4.69, 9.17) is 0 Å². The number of aldehydes is 1. The highest BCUT2D eigenvalue weighted by molar-refractivity contribution is 5.82. The van der Waals surface area contributed by atoms with Gasteiger partial charge in [-0.05, 0) is 12.2 Å².